The number of aromatic nitrogens is 3. The summed E-state index contributed by atoms with van der Waals surface area (Å²) in [6.45, 7) is 1.39. The number of carbonyl (C=O) groups is 1. The first-order valence-corrected chi connectivity index (χ1v) is 8.08. The second kappa shape index (κ2) is 6.99. The predicted octanol–water partition coefficient (Wildman–Crippen LogP) is 3.66. The van der Waals surface area contributed by atoms with Gasteiger partial charge in [0.25, 0.3) is 5.56 Å². The molecule has 10 heteroatoms. The third kappa shape index (κ3) is 3.77. The molecule has 0 spiro atoms. The Morgan fingerprint density at radius 2 is 1.93 bits per heavy atom. The second-order valence-electron chi connectivity index (χ2n) is 5.71. The van der Waals surface area contributed by atoms with Crippen LogP contribution in [0.2, 0.25) is 5.02 Å². The second-order valence-corrected chi connectivity index (χ2v) is 6.12. The summed E-state index contributed by atoms with van der Waals surface area (Å²) in [5.41, 5.74) is -1.34. The summed E-state index contributed by atoms with van der Waals surface area (Å²) in [4.78, 5) is 24.9. The maximum atomic E-state index is 12.9. The number of rotatable bonds is 3. The van der Waals surface area contributed by atoms with E-state index in [1.807, 2.05) is 0 Å². The van der Waals surface area contributed by atoms with E-state index in [-0.39, 0.29) is 11.1 Å². The van der Waals surface area contributed by atoms with Gasteiger partial charge in [0.05, 0.1) is 16.0 Å². The number of amides is 1. The van der Waals surface area contributed by atoms with Crippen molar-refractivity contribution in [3.05, 3.63) is 63.4 Å². The van der Waals surface area contributed by atoms with Crippen LogP contribution in [0.25, 0.3) is 10.9 Å². The average Bonchev–Trinajstić information content (AvgIpc) is 2.62. The minimum Gasteiger partial charge on any atom is -0.324 e. The van der Waals surface area contributed by atoms with Gasteiger partial charge in [0.15, 0.2) is 0 Å². The third-order valence-corrected chi connectivity index (χ3v) is 4.21. The van der Waals surface area contributed by atoms with Crippen LogP contribution < -0.4 is 10.9 Å². The van der Waals surface area contributed by atoms with Crippen LogP contribution in [0.15, 0.2) is 47.3 Å². The molecule has 0 radical (unpaired) electrons. The first kappa shape index (κ1) is 18.8. The number of hydrogen-bond acceptors (Lipinski definition) is 4. The molecule has 0 aliphatic rings. The monoisotopic (exact) mass is 396 g/mol. The van der Waals surface area contributed by atoms with Gasteiger partial charge in [-0.25, -0.2) is 0 Å². The predicted molar refractivity (Wildman–Crippen MR) is 93.6 cm³/mol. The SMILES string of the molecule is C[C@@H](C(=O)Nc1ccc(Cl)c(C(F)(F)F)c1)n1nnc2ccccc2c1=O. The van der Waals surface area contributed by atoms with Crippen molar-refractivity contribution in [2.75, 3.05) is 5.32 Å². The molecule has 0 saturated carbocycles. The van der Waals surface area contributed by atoms with Crippen molar-refractivity contribution in [3.63, 3.8) is 0 Å². The molecule has 0 fully saturated rings. The number of halogens is 4. The van der Waals surface area contributed by atoms with Gasteiger partial charge in [-0.2, -0.15) is 17.9 Å². The number of anilines is 1. The van der Waals surface area contributed by atoms with Gasteiger partial charge in [-0.05, 0) is 37.3 Å². The van der Waals surface area contributed by atoms with E-state index in [9.17, 15) is 22.8 Å². The maximum absolute atomic E-state index is 12.9. The number of carbonyl (C=O) groups excluding carboxylic acids is 1. The Hall–Kier alpha value is -2.94. The molecule has 0 bridgehead atoms. The lowest BCUT2D eigenvalue weighted by atomic mass is 10.2. The highest BCUT2D eigenvalue weighted by Gasteiger charge is 2.33. The van der Waals surface area contributed by atoms with Gasteiger partial charge in [-0.15, -0.1) is 5.10 Å². The number of alkyl halides is 3. The summed E-state index contributed by atoms with van der Waals surface area (Å²) in [5, 5.41) is 9.73. The molecule has 140 valence electrons. The van der Waals surface area contributed by atoms with Crippen LogP contribution in [0, 0.1) is 0 Å². The molecule has 1 N–H and O–H groups in total. The molecule has 0 aliphatic carbocycles. The fraction of sp³-hybridized carbons (Fsp3) is 0.176. The summed E-state index contributed by atoms with van der Waals surface area (Å²) >= 11 is 5.56. The topological polar surface area (TPSA) is 76.9 Å². The van der Waals surface area contributed by atoms with Crippen LogP contribution in [-0.2, 0) is 11.0 Å². The quantitative estimate of drug-likeness (QED) is 0.733. The number of nitrogens with one attached hydrogen (secondary N) is 1. The van der Waals surface area contributed by atoms with E-state index in [0.29, 0.717) is 5.52 Å². The normalized spacial score (nSPS) is 12.8. The molecule has 1 amide bonds. The van der Waals surface area contributed by atoms with Crippen molar-refractivity contribution in [3.8, 4) is 0 Å². The van der Waals surface area contributed by atoms with Gasteiger partial charge in [-0.3, -0.25) is 9.59 Å². The summed E-state index contributed by atoms with van der Waals surface area (Å²) in [5.74, 6) is -0.725. The Kier molecular flexibility index (Phi) is 4.88. The van der Waals surface area contributed by atoms with Crippen molar-refractivity contribution in [1.29, 1.82) is 0 Å². The number of benzene rings is 2. The van der Waals surface area contributed by atoms with Gasteiger partial charge in [-0.1, -0.05) is 28.9 Å². The van der Waals surface area contributed by atoms with Crippen molar-refractivity contribution >= 4 is 34.1 Å². The van der Waals surface area contributed by atoms with Crippen molar-refractivity contribution in [1.82, 2.24) is 15.0 Å². The van der Waals surface area contributed by atoms with Gasteiger partial charge in [0, 0.05) is 5.69 Å². The first-order valence-electron chi connectivity index (χ1n) is 7.70. The zero-order valence-electron chi connectivity index (χ0n) is 13.8. The highest BCUT2D eigenvalue weighted by molar-refractivity contribution is 6.31. The van der Waals surface area contributed by atoms with Crippen molar-refractivity contribution in [2.45, 2.75) is 19.1 Å². The van der Waals surface area contributed by atoms with Gasteiger partial charge < -0.3 is 5.32 Å². The molecule has 1 heterocycles. The number of nitrogens with zero attached hydrogens (tertiary/aromatic N) is 3. The van der Waals surface area contributed by atoms with Crippen molar-refractivity contribution in [2.24, 2.45) is 0 Å². The number of hydrogen-bond donors (Lipinski definition) is 1. The fourth-order valence-electron chi connectivity index (χ4n) is 2.43. The van der Waals surface area contributed by atoms with E-state index < -0.39 is 34.3 Å². The first-order chi connectivity index (χ1) is 12.7. The molecule has 1 aromatic heterocycles. The Morgan fingerprint density at radius 1 is 1.22 bits per heavy atom. The minimum atomic E-state index is -4.66. The van der Waals surface area contributed by atoms with Gasteiger partial charge >= 0.3 is 6.18 Å². The molecule has 2 aromatic carbocycles. The van der Waals surface area contributed by atoms with Gasteiger partial charge in [0.2, 0.25) is 5.91 Å². The van der Waals surface area contributed by atoms with Gasteiger partial charge in [0.1, 0.15) is 11.6 Å². The van der Waals surface area contributed by atoms with Crippen LogP contribution >= 0.6 is 11.6 Å². The highest BCUT2D eigenvalue weighted by Crippen LogP contribution is 2.36. The lowest BCUT2D eigenvalue weighted by Gasteiger charge is -2.15. The zero-order valence-corrected chi connectivity index (χ0v) is 14.5. The summed E-state index contributed by atoms with van der Waals surface area (Å²) in [6.07, 6.45) is -4.66. The Bertz CT molecular complexity index is 1080. The molecule has 0 saturated heterocycles. The van der Waals surface area contributed by atoms with E-state index in [0.717, 1.165) is 16.8 Å². The molecule has 0 aliphatic heterocycles. The number of fused-ring (bicyclic) bond motifs is 1. The third-order valence-electron chi connectivity index (χ3n) is 3.88. The summed E-state index contributed by atoms with van der Waals surface area (Å²) < 4.78 is 39.7. The van der Waals surface area contributed by atoms with E-state index in [1.54, 1.807) is 24.3 Å². The van der Waals surface area contributed by atoms with E-state index in [1.165, 1.54) is 13.0 Å². The Balaban J connectivity index is 1.89. The molecular formula is C17H12ClF3N4O2. The molecule has 3 aromatic rings. The highest BCUT2D eigenvalue weighted by atomic mass is 35.5. The minimum absolute atomic E-state index is 0.106. The van der Waals surface area contributed by atoms with Crippen LogP contribution in [0.3, 0.4) is 0 Å². The zero-order chi connectivity index (χ0) is 19.8. The average molecular weight is 397 g/mol. The van der Waals surface area contributed by atoms with Crippen LogP contribution in [0.1, 0.15) is 18.5 Å². The van der Waals surface area contributed by atoms with Crippen molar-refractivity contribution < 1.29 is 18.0 Å². The molecule has 27 heavy (non-hydrogen) atoms. The van der Waals surface area contributed by atoms with Crippen LogP contribution in [0.5, 0.6) is 0 Å². The molecular weight excluding hydrogens is 385 g/mol. The molecule has 6 nitrogen and oxygen atoms in total. The van der Waals surface area contributed by atoms with E-state index in [4.69, 9.17) is 11.6 Å². The summed E-state index contributed by atoms with van der Waals surface area (Å²) in [7, 11) is 0. The fourth-order valence-corrected chi connectivity index (χ4v) is 2.66. The molecule has 1 atom stereocenters. The summed E-state index contributed by atoms with van der Waals surface area (Å²) in [6, 6.07) is 8.38. The van der Waals surface area contributed by atoms with Crippen LogP contribution in [0.4, 0.5) is 18.9 Å². The lowest BCUT2D eigenvalue weighted by molar-refractivity contribution is -0.137. The molecule has 0 unspecified atom stereocenters. The Labute approximate surface area is 155 Å². The standard InChI is InChI=1S/C17H12ClF3N4O2/c1-9(25-16(27)11-4-2-3-5-14(11)23-24-25)15(26)22-10-6-7-13(18)12(8-10)17(19,20)21/h2-9H,1H3,(H,22,26)/t9-/m0/s1. The smallest absolute Gasteiger partial charge is 0.324 e. The largest absolute Gasteiger partial charge is 0.417 e. The maximum Gasteiger partial charge on any atom is 0.417 e. The Morgan fingerprint density at radius 3 is 2.63 bits per heavy atom. The van der Waals surface area contributed by atoms with Crippen LogP contribution in [-0.4, -0.2) is 20.9 Å². The van der Waals surface area contributed by atoms with E-state index in [2.05, 4.69) is 15.6 Å². The van der Waals surface area contributed by atoms with E-state index >= 15 is 0 Å². The lowest BCUT2D eigenvalue weighted by Crippen LogP contribution is -2.34. The molecule has 3 rings (SSSR count).